The molecule has 1 aromatic heterocycles. The molecule has 2 aromatic rings. The van der Waals surface area contributed by atoms with Crippen LogP contribution in [0.25, 0.3) is 0 Å². The van der Waals surface area contributed by atoms with Crippen molar-refractivity contribution in [2.45, 2.75) is 19.9 Å². The van der Waals surface area contributed by atoms with Crippen molar-refractivity contribution in [3.63, 3.8) is 0 Å². The zero-order valence-corrected chi connectivity index (χ0v) is 13.1. The number of thiophene rings is 1. The number of guanidine groups is 1. The zero-order valence-electron chi connectivity index (χ0n) is 10.7. The van der Waals surface area contributed by atoms with Crippen LogP contribution in [-0.4, -0.2) is 5.96 Å². The molecule has 0 aliphatic rings. The minimum Gasteiger partial charge on any atom is -0.370 e. The van der Waals surface area contributed by atoms with Crippen LogP contribution >= 0.6 is 27.3 Å². The van der Waals surface area contributed by atoms with Crippen molar-refractivity contribution in [1.29, 1.82) is 0 Å². The highest BCUT2D eigenvalue weighted by Crippen LogP contribution is 2.20. The summed E-state index contributed by atoms with van der Waals surface area (Å²) in [6.07, 6.45) is 1.04. The summed E-state index contributed by atoms with van der Waals surface area (Å²) in [5, 5.41) is 5.13. The van der Waals surface area contributed by atoms with E-state index in [-0.39, 0.29) is 0 Å². The van der Waals surface area contributed by atoms with Crippen molar-refractivity contribution >= 4 is 38.9 Å². The predicted molar refractivity (Wildman–Crippen MR) is 86.8 cm³/mol. The number of rotatable bonds is 4. The highest BCUT2D eigenvalue weighted by atomic mass is 79.9. The average Bonchev–Trinajstić information content (AvgIpc) is 2.83. The molecule has 0 bridgehead atoms. The summed E-state index contributed by atoms with van der Waals surface area (Å²) in [4.78, 5) is 5.50. The molecule has 0 saturated carbocycles. The lowest BCUT2D eigenvalue weighted by atomic mass is 10.1. The van der Waals surface area contributed by atoms with Gasteiger partial charge in [-0.3, -0.25) is 0 Å². The van der Waals surface area contributed by atoms with E-state index >= 15 is 0 Å². The number of nitrogens with one attached hydrogen (secondary N) is 1. The molecule has 100 valence electrons. The lowest BCUT2D eigenvalue weighted by Crippen LogP contribution is -2.22. The Morgan fingerprint density at radius 1 is 1.37 bits per heavy atom. The summed E-state index contributed by atoms with van der Waals surface area (Å²) in [6.45, 7) is 2.74. The summed E-state index contributed by atoms with van der Waals surface area (Å²) in [7, 11) is 0. The largest absolute Gasteiger partial charge is 0.370 e. The van der Waals surface area contributed by atoms with Crippen LogP contribution in [0.15, 0.2) is 45.2 Å². The highest BCUT2D eigenvalue weighted by molar-refractivity contribution is 9.10. The van der Waals surface area contributed by atoms with Gasteiger partial charge in [-0.15, -0.1) is 11.3 Å². The number of benzene rings is 1. The number of nitrogens with zero attached hydrogens (tertiary/aromatic N) is 1. The summed E-state index contributed by atoms with van der Waals surface area (Å²) < 4.78 is 1.09. The van der Waals surface area contributed by atoms with E-state index in [0.29, 0.717) is 12.5 Å². The van der Waals surface area contributed by atoms with Crippen LogP contribution in [-0.2, 0) is 13.0 Å². The number of nitrogens with two attached hydrogens (primary N) is 1. The standard InChI is InChI=1S/C14H16BrN3S/c1-2-10-3-5-12(6-4-10)18-14(16)17-8-13-7-11(15)9-19-13/h3-7,9H,2,8H2,1H3,(H3,16,17,18). The monoisotopic (exact) mass is 337 g/mol. The van der Waals surface area contributed by atoms with E-state index in [4.69, 9.17) is 5.73 Å². The smallest absolute Gasteiger partial charge is 0.193 e. The maximum atomic E-state index is 5.86. The van der Waals surface area contributed by atoms with Gasteiger partial charge in [0.1, 0.15) is 0 Å². The van der Waals surface area contributed by atoms with Gasteiger partial charge in [0.15, 0.2) is 5.96 Å². The quantitative estimate of drug-likeness (QED) is 0.654. The third kappa shape index (κ3) is 4.36. The van der Waals surface area contributed by atoms with Crippen molar-refractivity contribution in [2.75, 3.05) is 5.32 Å². The summed E-state index contributed by atoms with van der Waals surface area (Å²) >= 11 is 5.09. The Labute approximate surface area is 125 Å². The van der Waals surface area contributed by atoms with Crippen LogP contribution in [0.5, 0.6) is 0 Å². The van der Waals surface area contributed by atoms with E-state index < -0.39 is 0 Å². The van der Waals surface area contributed by atoms with Crippen LogP contribution < -0.4 is 11.1 Å². The molecule has 1 heterocycles. The van der Waals surface area contributed by atoms with E-state index in [1.807, 2.05) is 17.5 Å². The molecule has 3 nitrogen and oxygen atoms in total. The molecule has 19 heavy (non-hydrogen) atoms. The maximum absolute atomic E-state index is 5.86. The van der Waals surface area contributed by atoms with Gasteiger partial charge in [0.2, 0.25) is 0 Å². The van der Waals surface area contributed by atoms with Crippen LogP contribution in [0.2, 0.25) is 0 Å². The second-order valence-corrected chi connectivity index (χ2v) is 6.02. The molecule has 0 unspecified atom stereocenters. The van der Waals surface area contributed by atoms with Crippen LogP contribution in [0, 0.1) is 0 Å². The van der Waals surface area contributed by atoms with Crippen LogP contribution in [0.4, 0.5) is 5.69 Å². The molecule has 0 atom stereocenters. The molecule has 1 aromatic carbocycles. The second kappa shape index (κ2) is 6.73. The van der Waals surface area contributed by atoms with Gasteiger partial charge in [-0.1, -0.05) is 19.1 Å². The fourth-order valence-corrected chi connectivity index (χ4v) is 2.99. The van der Waals surface area contributed by atoms with Gasteiger partial charge in [0, 0.05) is 20.4 Å². The number of hydrogen-bond donors (Lipinski definition) is 2. The predicted octanol–water partition coefficient (Wildman–Crippen LogP) is 4.00. The molecule has 3 N–H and O–H groups in total. The lowest BCUT2D eigenvalue weighted by molar-refractivity contribution is 1.09. The Hall–Kier alpha value is -1.33. The van der Waals surface area contributed by atoms with Gasteiger partial charge in [-0.25, -0.2) is 4.99 Å². The summed E-state index contributed by atoms with van der Waals surface area (Å²) in [5.41, 5.74) is 8.14. The SMILES string of the molecule is CCc1ccc(NC(N)=NCc2cc(Br)cs2)cc1. The first-order chi connectivity index (χ1) is 9.17. The average molecular weight is 338 g/mol. The van der Waals surface area contributed by atoms with Crippen molar-refractivity contribution < 1.29 is 0 Å². The zero-order chi connectivity index (χ0) is 13.7. The first-order valence-electron chi connectivity index (χ1n) is 6.06. The van der Waals surface area contributed by atoms with Crippen molar-refractivity contribution in [3.8, 4) is 0 Å². The van der Waals surface area contributed by atoms with Crippen LogP contribution in [0.1, 0.15) is 17.4 Å². The topological polar surface area (TPSA) is 50.4 Å². The van der Waals surface area contributed by atoms with Crippen LogP contribution in [0.3, 0.4) is 0 Å². The first-order valence-corrected chi connectivity index (χ1v) is 7.73. The van der Waals surface area contributed by atoms with E-state index in [0.717, 1.165) is 16.6 Å². The molecule has 0 spiro atoms. The molecular weight excluding hydrogens is 322 g/mol. The fraction of sp³-hybridized carbons (Fsp3) is 0.214. The first kappa shape index (κ1) is 14.1. The number of hydrogen-bond acceptors (Lipinski definition) is 2. The van der Waals surface area contributed by atoms with Gasteiger partial charge >= 0.3 is 0 Å². The molecule has 0 aliphatic carbocycles. The van der Waals surface area contributed by atoms with Gasteiger partial charge in [-0.05, 0) is 46.1 Å². The van der Waals surface area contributed by atoms with E-state index in [1.165, 1.54) is 10.4 Å². The molecule has 2 rings (SSSR count). The second-order valence-electron chi connectivity index (χ2n) is 4.11. The molecule has 0 fully saturated rings. The normalized spacial score (nSPS) is 11.6. The Morgan fingerprint density at radius 2 is 2.11 bits per heavy atom. The Bertz CT molecular complexity index is 560. The number of aryl methyl sites for hydroxylation is 1. The molecule has 0 amide bonds. The van der Waals surface area contributed by atoms with Gasteiger partial charge in [0.05, 0.1) is 6.54 Å². The maximum Gasteiger partial charge on any atom is 0.193 e. The van der Waals surface area contributed by atoms with E-state index in [2.05, 4.69) is 51.4 Å². The lowest BCUT2D eigenvalue weighted by Gasteiger charge is -2.06. The molecule has 0 saturated heterocycles. The Morgan fingerprint density at radius 3 is 2.68 bits per heavy atom. The minimum absolute atomic E-state index is 0.439. The Kier molecular flexibility index (Phi) is 4.99. The number of anilines is 1. The van der Waals surface area contributed by atoms with Gasteiger partial charge in [-0.2, -0.15) is 0 Å². The molecular formula is C14H16BrN3S. The van der Waals surface area contributed by atoms with Crippen molar-refractivity contribution in [3.05, 3.63) is 50.6 Å². The third-order valence-electron chi connectivity index (χ3n) is 2.66. The number of aliphatic imine (C=N–C) groups is 1. The molecule has 0 aliphatic heterocycles. The van der Waals surface area contributed by atoms with Gasteiger partial charge in [0.25, 0.3) is 0 Å². The van der Waals surface area contributed by atoms with Gasteiger partial charge < -0.3 is 11.1 Å². The fourth-order valence-electron chi connectivity index (χ4n) is 1.61. The van der Waals surface area contributed by atoms with Crippen molar-refractivity contribution in [1.82, 2.24) is 0 Å². The van der Waals surface area contributed by atoms with Crippen molar-refractivity contribution in [2.24, 2.45) is 10.7 Å². The molecule has 5 heteroatoms. The summed E-state index contributed by atoms with van der Waals surface area (Å²) in [6, 6.07) is 10.3. The summed E-state index contributed by atoms with van der Waals surface area (Å²) in [5.74, 6) is 0.439. The molecule has 0 radical (unpaired) electrons. The van der Waals surface area contributed by atoms with E-state index in [1.54, 1.807) is 11.3 Å². The number of halogens is 1. The van der Waals surface area contributed by atoms with E-state index in [9.17, 15) is 0 Å². The Balaban J connectivity index is 1.93. The third-order valence-corrected chi connectivity index (χ3v) is 4.34. The highest BCUT2D eigenvalue weighted by Gasteiger charge is 1.98. The minimum atomic E-state index is 0.439.